The first-order valence-corrected chi connectivity index (χ1v) is 11.6. The average Bonchev–Trinajstić information content (AvgIpc) is 3.39. The number of carbonyl (C=O) groups is 1. The minimum Gasteiger partial charge on any atom is -0.455 e. The SMILES string of the molecule is Cc1c(-c2ccccc2)oc2c(C(=O)NC(c3nc(-c4cccnc4)no3)C(C)C)cccc2c1=O. The molecule has 8 nitrogen and oxygen atoms in total. The molecule has 3 heterocycles. The minimum atomic E-state index is -0.559. The molecule has 0 spiro atoms. The molecule has 1 unspecified atom stereocenters. The van der Waals surface area contributed by atoms with Gasteiger partial charge in [0.05, 0.1) is 10.9 Å². The quantitative estimate of drug-likeness (QED) is 0.349. The maximum atomic E-state index is 13.5. The highest BCUT2D eigenvalue weighted by molar-refractivity contribution is 6.05. The molecule has 0 aliphatic heterocycles. The van der Waals surface area contributed by atoms with Gasteiger partial charge in [0, 0.05) is 29.1 Å². The summed E-state index contributed by atoms with van der Waals surface area (Å²) in [5.41, 5.74) is 2.26. The van der Waals surface area contributed by atoms with Gasteiger partial charge in [-0.2, -0.15) is 4.98 Å². The summed E-state index contributed by atoms with van der Waals surface area (Å²) in [6.45, 7) is 5.61. The van der Waals surface area contributed by atoms with Crippen LogP contribution >= 0.6 is 0 Å². The lowest BCUT2D eigenvalue weighted by molar-refractivity contribution is 0.0914. The standard InChI is InChI=1S/C28H24N4O4/c1-16(2)22(28-31-26(32-36-28)19-11-8-14-29-15-19)30-27(34)21-13-7-12-20-23(33)17(3)24(35-25(20)21)18-9-5-4-6-10-18/h4-16,22H,1-3H3,(H,30,34). The van der Waals surface area contributed by atoms with Crippen LogP contribution in [0, 0.1) is 12.8 Å². The molecule has 3 aromatic heterocycles. The van der Waals surface area contributed by atoms with E-state index in [0.717, 1.165) is 5.56 Å². The minimum absolute atomic E-state index is 0.0553. The Balaban J connectivity index is 1.53. The fourth-order valence-corrected chi connectivity index (χ4v) is 4.06. The van der Waals surface area contributed by atoms with Gasteiger partial charge in [-0.05, 0) is 37.1 Å². The topological polar surface area (TPSA) is 111 Å². The molecule has 180 valence electrons. The zero-order chi connectivity index (χ0) is 25.2. The molecule has 0 bridgehead atoms. The predicted octanol–water partition coefficient (Wildman–Crippen LogP) is 5.34. The van der Waals surface area contributed by atoms with Crippen LogP contribution in [0.25, 0.3) is 33.7 Å². The fourth-order valence-electron chi connectivity index (χ4n) is 4.06. The lowest BCUT2D eigenvalue weighted by Crippen LogP contribution is -2.32. The molecule has 1 atom stereocenters. The molecule has 5 aromatic rings. The molecule has 0 aliphatic carbocycles. The molecule has 0 fully saturated rings. The number of amides is 1. The summed E-state index contributed by atoms with van der Waals surface area (Å²) in [6.07, 6.45) is 3.30. The maximum absolute atomic E-state index is 13.5. The van der Waals surface area contributed by atoms with Crippen LogP contribution in [0.1, 0.15) is 41.7 Å². The Bertz CT molecular complexity index is 1590. The largest absolute Gasteiger partial charge is 0.455 e. The third-order valence-electron chi connectivity index (χ3n) is 6.01. The maximum Gasteiger partial charge on any atom is 0.255 e. The lowest BCUT2D eigenvalue weighted by atomic mass is 10.0. The van der Waals surface area contributed by atoms with Crippen molar-refractivity contribution in [1.82, 2.24) is 20.4 Å². The van der Waals surface area contributed by atoms with Crippen molar-refractivity contribution >= 4 is 16.9 Å². The summed E-state index contributed by atoms with van der Waals surface area (Å²) in [6, 6.07) is 17.4. The van der Waals surface area contributed by atoms with E-state index in [4.69, 9.17) is 8.94 Å². The van der Waals surface area contributed by atoms with Crippen molar-refractivity contribution in [2.24, 2.45) is 5.92 Å². The van der Waals surface area contributed by atoms with Gasteiger partial charge in [0.1, 0.15) is 11.8 Å². The molecule has 1 amide bonds. The second-order valence-corrected chi connectivity index (χ2v) is 8.83. The van der Waals surface area contributed by atoms with E-state index in [1.165, 1.54) is 0 Å². The molecule has 0 aliphatic rings. The van der Waals surface area contributed by atoms with Crippen LogP contribution in [0.4, 0.5) is 0 Å². The highest BCUT2D eigenvalue weighted by Crippen LogP contribution is 2.29. The molecule has 8 heteroatoms. The number of benzene rings is 2. The van der Waals surface area contributed by atoms with E-state index in [1.807, 2.05) is 50.2 Å². The first-order valence-electron chi connectivity index (χ1n) is 11.6. The van der Waals surface area contributed by atoms with Crippen molar-refractivity contribution in [2.75, 3.05) is 0 Å². The van der Waals surface area contributed by atoms with Gasteiger partial charge in [-0.15, -0.1) is 0 Å². The Morgan fingerprint density at radius 3 is 2.47 bits per heavy atom. The number of hydrogen-bond acceptors (Lipinski definition) is 7. The molecular weight excluding hydrogens is 456 g/mol. The number of nitrogens with one attached hydrogen (secondary N) is 1. The Morgan fingerprint density at radius 2 is 1.75 bits per heavy atom. The molecule has 5 rings (SSSR count). The first-order chi connectivity index (χ1) is 17.4. The van der Waals surface area contributed by atoms with E-state index in [9.17, 15) is 9.59 Å². The Kier molecular flexibility index (Phi) is 6.16. The summed E-state index contributed by atoms with van der Waals surface area (Å²) < 4.78 is 11.7. The fraction of sp³-hybridized carbons (Fsp3) is 0.179. The van der Waals surface area contributed by atoms with E-state index in [0.29, 0.717) is 28.1 Å². The number of hydrogen-bond donors (Lipinski definition) is 1. The van der Waals surface area contributed by atoms with Gasteiger partial charge in [-0.1, -0.05) is 55.4 Å². The van der Waals surface area contributed by atoms with E-state index in [1.54, 1.807) is 43.6 Å². The van der Waals surface area contributed by atoms with Gasteiger partial charge < -0.3 is 14.3 Å². The van der Waals surface area contributed by atoms with Crippen molar-refractivity contribution < 1.29 is 13.7 Å². The van der Waals surface area contributed by atoms with E-state index >= 15 is 0 Å². The zero-order valence-electron chi connectivity index (χ0n) is 20.1. The zero-order valence-corrected chi connectivity index (χ0v) is 20.1. The third kappa shape index (κ3) is 4.29. The second kappa shape index (κ2) is 9.58. The van der Waals surface area contributed by atoms with Gasteiger partial charge in [-0.25, -0.2) is 0 Å². The Labute approximate surface area is 207 Å². The first kappa shape index (κ1) is 23.2. The van der Waals surface area contributed by atoms with Crippen molar-refractivity contribution in [3.05, 3.63) is 100 Å². The molecule has 0 saturated carbocycles. The molecule has 0 saturated heterocycles. The molecule has 0 radical (unpaired) electrons. The summed E-state index contributed by atoms with van der Waals surface area (Å²) in [5, 5.41) is 7.38. The van der Waals surface area contributed by atoms with Gasteiger partial charge in [0.25, 0.3) is 5.91 Å². The number of carbonyl (C=O) groups excluding carboxylic acids is 1. The lowest BCUT2D eigenvalue weighted by Gasteiger charge is -2.19. The van der Waals surface area contributed by atoms with Crippen LogP contribution in [-0.2, 0) is 0 Å². The van der Waals surface area contributed by atoms with Crippen LogP contribution in [-0.4, -0.2) is 21.0 Å². The highest BCUT2D eigenvalue weighted by atomic mass is 16.5. The van der Waals surface area contributed by atoms with Crippen LogP contribution in [0.3, 0.4) is 0 Å². The average molecular weight is 481 g/mol. The van der Waals surface area contributed by atoms with Crippen LogP contribution in [0.15, 0.2) is 86.8 Å². The van der Waals surface area contributed by atoms with Gasteiger partial charge in [0.2, 0.25) is 11.7 Å². The van der Waals surface area contributed by atoms with Crippen LogP contribution in [0.5, 0.6) is 0 Å². The second-order valence-electron chi connectivity index (χ2n) is 8.83. The number of nitrogens with zero attached hydrogens (tertiary/aromatic N) is 3. The predicted molar refractivity (Wildman–Crippen MR) is 135 cm³/mol. The van der Waals surface area contributed by atoms with Crippen LogP contribution in [0.2, 0.25) is 0 Å². The Morgan fingerprint density at radius 1 is 0.972 bits per heavy atom. The van der Waals surface area contributed by atoms with Gasteiger partial charge in [0.15, 0.2) is 11.0 Å². The smallest absolute Gasteiger partial charge is 0.255 e. The summed E-state index contributed by atoms with van der Waals surface area (Å²) in [4.78, 5) is 35.2. The van der Waals surface area contributed by atoms with Crippen molar-refractivity contribution in [1.29, 1.82) is 0 Å². The highest BCUT2D eigenvalue weighted by Gasteiger charge is 2.27. The number of pyridine rings is 1. The van der Waals surface area contributed by atoms with Crippen molar-refractivity contribution in [2.45, 2.75) is 26.8 Å². The number of para-hydroxylation sites is 1. The number of rotatable bonds is 6. The Hall–Kier alpha value is -4.59. The number of aromatic nitrogens is 3. The third-order valence-corrected chi connectivity index (χ3v) is 6.01. The van der Waals surface area contributed by atoms with E-state index < -0.39 is 11.9 Å². The molecule has 2 aromatic carbocycles. The summed E-state index contributed by atoms with van der Waals surface area (Å²) in [7, 11) is 0. The van der Waals surface area contributed by atoms with Gasteiger partial charge >= 0.3 is 0 Å². The normalized spacial score (nSPS) is 12.1. The van der Waals surface area contributed by atoms with Gasteiger partial charge in [-0.3, -0.25) is 14.6 Å². The number of fused-ring (bicyclic) bond motifs is 1. The summed E-state index contributed by atoms with van der Waals surface area (Å²) in [5.74, 6) is 0.635. The van der Waals surface area contributed by atoms with E-state index in [-0.39, 0.29) is 28.4 Å². The van der Waals surface area contributed by atoms with Crippen molar-refractivity contribution in [3.63, 3.8) is 0 Å². The molecule has 36 heavy (non-hydrogen) atoms. The van der Waals surface area contributed by atoms with Crippen LogP contribution < -0.4 is 10.7 Å². The van der Waals surface area contributed by atoms with E-state index in [2.05, 4.69) is 20.4 Å². The molecular formula is C28H24N4O4. The van der Waals surface area contributed by atoms with Crippen molar-refractivity contribution in [3.8, 4) is 22.7 Å². The monoisotopic (exact) mass is 480 g/mol. The molecule has 1 N–H and O–H groups in total. The summed E-state index contributed by atoms with van der Waals surface area (Å²) >= 11 is 0.